The molecule has 1 fully saturated rings. The minimum Gasteiger partial charge on any atom is -0.390 e. The average molecular weight is 380 g/mol. The highest BCUT2D eigenvalue weighted by molar-refractivity contribution is 5.86. The molecule has 146 valence electrons. The van der Waals surface area contributed by atoms with Crippen LogP contribution in [0.15, 0.2) is 36.8 Å². The van der Waals surface area contributed by atoms with Gasteiger partial charge < -0.3 is 16.6 Å². The predicted octanol–water partition coefficient (Wildman–Crippen LogP) is 2.30. The summed E-state index contributed by atoms with van der Waals surface area (Å²) >= 11 is 0. The zero-order valence-corrected chi connectivity index (χ0v) is 15.8. The molecule has 0 atom stereocenters. The van der Waals surface area contributed by atoms with Gasteiger partial charge in [0.25, 0.3) is 0 Å². The largest absolute Gasteiger partial charge is 0.390 e. The molecule has 4 aromatic rings. The number of hydrogen-bond acceptors (Lipinski definition) is 7. The maximum absolute atomic E-state index is 9.37. The van der Waals surface area contributed by atoms with Gasteiger partial charge in [0, 0.05) is 24.0 Å². The summed E-state index contributed by atoms with van der Waals surface area (Å²) in [7, 11) is 0. The zero-order chi connectivity index (χ0) is 19.7. The van der Waals surface area contributed by atoms with Crippen molar-refractivity contribution in [3.63, 3.8) is 0 Å². The van der Waals surface area contributed by atoms with E-state index in [-0.39, 0.29) is 11.5 Å². The lowest BCUT2D eigenvalue weighted by Gasteiger charge is -2.27. The van der Waals surface area contributed by atoms with E-state index in [1.165, 1.54) is 19.3 Å². The Hall–Kier alpha value is -3.20. The van der Waals surface area contributed by atoms with Crippen LogP contribution in [0.5, 0.6) is 0 Å². The average Bonchev–Trinajstić information content (AvgIpc) is 3.27. The molecule has 9 heteroatoms. The van der Waals surface area contributed by atoms with Crippen molar-refractivity contribution in [1.29, 1.82) is 0 Å². The van der Waals surface area contributed by atoms with E-state index < -0.39 is 0 Å². The molecular formula is C19H24N8O. The number of aliphatic hydroxyl groups is 1. The zero-order valence-electron chi connectivity index (χ0n) is 15.8. The number of fused-ring (bicyclic) bond motifs is 2. The van der Waals surface area contributed by atoms with Gasteiger partial charge in [-0.25, -0.2) is 14.0 Å². The predicted molar refractivity (Wildman–Crippen MR) is 108 cm³/mol. The first-order valence-electron chi connectivity index (χ1n) is 9.36. The van der Waals surface area contributed by atoms with E-state index in [9.17, 15) is 5.11 Å². The summed E-state index contributed by atoms with van der Waals surface area (Å²) in [5.41, 5.74) is 14.3. The molecule has 0 amide bonds. The number of nitrogens with zero attached hydrogens (tertiary/aromatic N) is 6. The van der Waals surface area contributed by atoms with Gasteiger partial charge in [-0.05, 0) is 31.9 Å². The third kappa shape index (κ3) is 3.61. The number of rotatable bonds is 1. The molecule has 0 bridgehead atoms. The van der Waals surface area contributed by atoms with E-state index in [1.54, 1.807) is 21.4 Å². The van der Waals surface area contributed by atoms with Crippen LogP contribution >= 0.6 is 0 Å². The molecule has 0 aliphatic heterocycles. The van der Waals surface area contributed by atoms with Gasteiger partial charge in [-0.2, -0.15) is 10.1 Å². The van der Waals surface area contributed by atoms with Crippen molar-refractivity contribution in [3.05, 3.63) is 36.8 Å². The Morgan fingerprint density at radius 2 is 1.75 bits per heavy atom. The monoisotopic (exact) mass is 380 g/mol. The Balaban J connectivity index is 0.000000203. The molecule has 0 radical (unpaired) electrons. The van der Waals surface area contributed by atoms with Crippen LogP contribution in [0.3, 0.4) is 0 Å². The van der Waals surface area contributed by atoms with E-state index in [4.69, 9.17) is 11.5 Å². The Labute approximate surface area is 162 Å². The number of nitrogens with two attached hydrogens (primary N) is 2. The molecule has 28 heavy (non-hydrogen) atoms. The minimum atomic E-state index is -0.321. The lowest BCUT2D eigenvalue weighted by molar-refractivity contribution is 0.0225. The summed E-state index contributed by atoms with van der Waals surface area (Å²) in [6.45, 7) is 1.94. The smallest absolute Gasteiger partial charge is 0.240 e. The SMILES string of the molecule is CC1(O)CCCCC1.Nc1nc(N)c2c(-c3ccn4nccc4n3)ccn2n1. The van der Waals surface area contributed by atoms with Crippen molar-refractivity contribution in [2.75, 3.05) is 11.5 Å². The second-order valence-corrected chi connectivity index (χ2v) is 7.38. The van der Waals surface area contributed by atoms with E-state index in [0.29, 0.717) is 11.3 Å². The van der Waals surface area contributed by atoms with Crippen LogP contribution in [0.1, 0.15) is 39.0 Å². The Kier molecular flexibility index (Phi) is 4.60. The maximum Gasteiger partial charge on any atom is 0.240 e. The van der Waals surface area contributed by atoms with Gasteiger partial charge in [0.05, 0.1) is 17.5 Å². The number of nitrogen functional groups attached to an aromatic ring is 2. The molecule has 4 heterocycles. The lowest BCUT2D eigenvalue weighted by atomic mass is 9.87. The molecule has 1 aliphatic carbocycles. The molecule has 5 N–H and O–H groups in total. The van der Waals surface area contributed by atoms with Crippen LogP contribution < -0.4 is 11.5 Å². The molecule has 0 aromatic carbocycles. The van der Waals surface area contributed by atoms with Gasteiger partial charge in [-0.3, -0.25) is 0 Å². The number of hydrogen-bond donors (Lipinski definition) is 3. The number of aromatic nitrogens is 6. The topological polar surface area (TPSA) is 133 Å². The molecule has 0 saturated heterocycles. The highest BCUT2D eigenvalue weighted by Crippen LogP contribution is 2.28. The van der Waals surface area contributed by atoms with Crippen molar-refractivity contribution < 1.29 is 5.11 Å². The minimum absolute atomic E-state index is 0.136. The van der Waals surface area contributed by atoms with Crippen LogP contribution in [-0.2, 0) is 0 Å². The van der Waals surface area contributed by atoms with Gasteiger partial charge in [0.1, 0.15) is 5.52 Å². The van der Waals surface area contributed by atoms with Gasteiger partial charge >= 0.3 is 0 Å². The van der Waals surface area contributed by atoms with Crippen LogP contribution in [0, 0.1) is 0 Å². The van der Waals surface area contributed by atoms with Gasteiger partial charge in [-0.1, -0.05) is 19.3 Å². The normalized spacial score (nSPS) is 16.1. The summed E-state index contributed by atoms with van der Waals surface area (Å²) in [6, 6.07) is 5.58. The Bertz CT molecular complexity index is 1110. The third-order valence-electron chi connectivity index (χ3n) is 5.02. The maximum atomic E-state index is 9.37. The van der Waals surface area contributed by atoms with Crippen LogP contribution in [-0.4, -0.2) is 39.9 Å². The molecule has 4 aromatic heterocycles. The highest BCUT2D eigenvalue weighted by atomic mass is 16.3. The second-order valence-electron chi connectivity index (χ2n) is 7.38. The second kappa shape index (κ2) is 7.08. The standard InChI is InChI=1S/C12H10N8.C7H14O/c13-11-10-7(2-5-20(10)18-12(14)17-11)8-3-6-19-9(16-8)1-4-15-19;1-7(8)5-3-2-4-6-7/h1-6H,(H4,13,14,17,18);8H,2-6H2,1H3. The van der Waals surface area contributed by atoms with Crippen molar-refractivity contribution in [2.24, 2.45) is 0 Å². The summed E-state index contributed by atoms with van der Waals surface area (Å²) in [5, 5.41) is 17.6. The fraction of sp³-hybridized carbons (Fsp3) is 0.368. The van der Waals surface area contributed by atoms with Crippen molar-refractivity contribution in [3.8, 4) is 11.3 Å². The molecule has 1 aliphatic rings. The number of anilines is 2. The fourth-order valence-corrected chi connectivity index (χ4v) is 3.55. The van der Waals surface area contributed by atoms with E-state index in [1.807, 2.05) is 31.3 Å². The lowest BCUT2D eigenvalue weighted by Crippen LogP contribution is -2.26. The molecular weight excluding hydrogens is 356 g/mol. The summed E-state index contributed by atoms with van der Waals surface area (Å²) in [5.74, 6) is 0.462. The Morgan fingerprint density at radius 3 is 2.46 bits per heavy atom. The van der Waals surface area contributed by atoms with Gasteiger partial charge in [-0.15, -0.1) is 5.10 Å². The fourth-order valence-electron chi connectivity index (χ4n) is 3.55. The van der Waals surface area contributed by atoms with Crippen LogP contribution in [0.2, 0.25) is 0 Å². The molecule has 0 unspecified atom stereocenters. The van der Waals surface area contributed by atoms with Crippen molar-refractivity contribution in [1.82, 2.24) is 29.2 Å². The first kappa shape index (κ1) is 18.2. The van der Waals surface area contributed by atoms with E-state index >= 15 is 0 Å². The van der Waals surface area contributed by atoms with Crippen molar-refractivity contribution >= 4 is 22.9 Å². The summed E-state index contributed by atoms with van der Waals surface area (Å²) in [4.78, 5) is 8.53. The van der Waals surface area contributed by atoms with E-state index in [2.05, 4.69) is 20.2 Å². The van der Waals surface area contributed by atoms with Crippen LogP contribution in [0.4, 0.5) is 11.8 Å². The van der Waals surface area contributed by atoms with E-state index in [0.717, 1.165) is 29.7 Å². The first-order valence-corrected chi connectivity index (χ1v) is 9.36. The third-order valence-corrected chi connectivity index (χ3v) is 5.02. The first-order chi connectivity index (χ1) is 13.4. The summed E-state index contributed by atoms with van der Waals surface area (Å²) < 4.78 is 3.30. The molecule has 5 rings (SSSR count). The van der Waals surface area contributed by atoms with Gasteiger partial charge in [0.15, 0.2) is 11.5 Å². The highest BCUT2D eigenvalue weighted by Gasteiger charge is 2.22. The summed E-state index contributed by atoms with van der Waals surface area (Å²) in [6.07, 6.45) is 11.1. The molecule has 1 saturated carbocycles. The molecule has 9 nitrogen and oxygen atoms in total. The van der Waals surface area contributed by atoms with Crippen LogP contribution in [0.25, 0.3) is 22.4 Å². The quantitative estimate of drug-likeness (QED) is 0.461. The Morgan fingerprint density at radius 1 is 1.00 bits per heavy atom. The van der Waals surface area contributed by atoms with Gasteiger partial charge in [0.2, 0.25) is 5.95 Å². The molecule has 0 spiro atoms. The van der Waals surface area contributed by atoms with Crippen molar-refractivity contribution in [2.45, 2.75) is 44.6 Å².